The van der Waals surface area contributed by atoms with E-state index in [9.17, 15) is 4.79 Å². The zero-order valence-corrected chi connectivity index (χ0v) is 12.4. The standard InChI is InChI=1S/C14H13ClN2O2S/c1-2-19-14(18)13-11(8-12(15)16-17-13)20-9-10-6-4-3-5-7-10/h3-8H,2,9H2,1H3. The number of carbonyl (C=O) groups is 1. The zero-order chi connectivity index (χ0) is 14.4. The maximum Gasteiger partial charge on any atom is 0.360 e. The van der Waals surface area contributed by atoms with Crippen molar-refractivity contribution in [3.63, 3.8) is 0 Å². The third kappa shape index (κ3) is 3.95. The van der Waals surface area contributed by atoms with Gasteiger partial charge in [0.05, 0.1) is 6.61 Å². The third-order valence-corrected chi connectivity index (χ3v) is 3.72. The molecule has 0 bridgehead atoms. The van der Waals surface area contributed by atoms with Gasteiger partial charge in [-0.2, -0.15) is 0 Å². The number of hydrogen-bond donors (Lipinski definition) is 0. The first-order chi connectivity index (χ1) is 9.70. The molecule has 6 heteroatoms. The van der Waals surface area contributed by atoms with E-state index >= 15 is 0 Å². The second-order valence-corrected chi connectivity index (χ2v) is 5.28. The van der Waals surface area contributed by atoms with Gasteiger partial charge >= 0.3 is 5.97 Å². The predicted octanol–water partition coefficient (Wildman–Crippen LogP) is 3.60. The summed E-state index contributed by atoms with van der Waals surface area (Å²) < 4.78 is 4.96. The fraction of sp³-hybridized carbons (Fsp3) is 0.214. The molecule has 0 saturated heterocycles. The Balaban J connectivity index is 2.17. The van der Waals surface area contributed by atoms with E-state index in [2.05, 4.69) is 10.2 Å². The summed E-state index contributed by atoms with van der Waals surface area (Å²) in [5.74, 6) is 0.238. The molecule has 0 saturated carbocycles. The first-order valence-corrected chi connectivity index (χ1v) is 7.44. The minimum absolute atomic E-state index is 0.206. The first-order valence-electron chi connectivity index (χ1n) is 6.07. The molecule has 0 spiro atoms. The number of benzene rings is 1. The Morgan fingerprint density at radius 1 is 1.30 bits per heavy atom. The van der Waals surface area contributed by atoms with Crippen molar-refractivity contribution in [1.29, 1.82) is 0 Å². The van der Waals surface area contributed by atoms with E-state index in [0.29, 0.717) is 11.5 Å². The molecule has 2 rings (SSSR count). The lowest BCUT2D eigenvalue weighted by molar-refractivity contribution is 0.0513. The molecule has 0 atom stereocenters. The van der Waals surface area contributed by atoms with Gasteiger partial charge in [0, 0.05) is 10.6 Å². The molecule has 1 aromatic heterocycles. The maximum absolute atomic E-state index is 11.8. The summed E-state index contributed by atoms with van der Waals surface area (Å²) in [6.07, 6.45) is 0. The molecule has 4 nitrogen and oxygen atoms in total. The molecular weight excluding hydrogens is 296 g/mol. The summed E-state index contributed by atoms with van der Waals surface area (Å²) in [5, 5.41) is 7.79. The normalized spacial score (nSPS) is 10.3. The van der Waals surface area contributed by atoms with Crippen molar-refractivity contribution < 1.29 is 9.53 Å². The Morgan fingerprint density at radius 3 is 2.75 bits per heavy atom. The first kappa shape index (κ1) is 14.8. The molecule has 0 N–H and O–H groups in total. The summed E-state index contributed by atoms with van der Waals surface area (Å²) in [6, 6.07) is 11.6. The van der Waals surface area contributed by atoms with Gasteiger partial charge in [0.2, 0.25) is 0 Å². The van der Waals surface area contributed by atoms with Crippen LogP contribution in [0.25, 0.3) is 0 Å². The van der Waals surface area contributed by atoms with Crippen LogP contribution in [0.5, 0.6) is 0 Å². The summed E-state index contributed by atoms with van der Waals surface area (Å²) >= 11 is 7.32. The number of nitrogens with zero attached hydrogens (tertiary/aromatic N) is 2. The fourth-order valence-electron chi connectivity index (χ4n) is 1.54. The van der Waals surface area contributed by atoms with Crippen molar-refractivity contribution in [2.75, 3.05) is 6.61 Å². The third-order valence-electron chi connectivity index (χ3n) is 2.44. The van der Waals surface area contributed by atoms with Gasteiger partial charge in [0.25, 0.3) is 0 Å². The summed E-state index contributed by atoms with van der Waals surface area (Å²) in [6.45, 7) is 2.05. The Bertz CT molecular complexity index is 593. The van der Waals surface area contributed by atoms with E-state index in [0.717, 1.165) is 11.3 Å². The van der Waals surface area contributed by atoms with Crippen molar-refractivity contribution in [2.45, 2.75) is 17.6 Å². The van der Waals surface area contributed by atoms with Crippen LogP contribution in [0, 0.1) is 0 Å². The fourth-order valence-corrected chi connectivity index (χ4v) is 2.72. The van der Waals surface area contributed by atoms with Crippen molar-refractivity contribution >= 4 is 29.3 Å². The number of hydrogen-bond acceptors (Lipinski definition) is 5. The van der Waals surface area contributed by atoms with Crippen LogP contribution in [0.15, 0.2) is 41.3 Å². The molecule has 0 aliphatic heterocycles. The van der Waals surface area contributed by atoms with E-state index in [-0.39, 0.29) is 10.8 Å². The van der Waals surface area contributed by atoms with Crippen molar-refractivity contribution in [1.82, 2.24) is 10.2 Å². The van der Waals surface area contributed by atoms with E-state index in [4.69, 9.17) is 16.3 Å². The summed E-state index contributed by atoms with van der Waals surface area (Å²) in [4.78, 5) is 12.5. The SMILES string of the molecule is CCOC(=O)c1nnc(Cl)cc1SCc1ccccc1. The van der Waals surface area contributed by atoms with Gasteiger partial charge in [-0.15, -0.1) is 22.0 Å². The molecule has 1 aromatic carbocycles. The molecule has 0 unspecified atom stereocenters. The van der Waals surface area contributed by atoms with Crippen LogP contribution in [0.1, 0.15) is 23.0 Å². The van der Waals surface area contributed by atoms with Gasteiger partial charge in [-0.3, -0.25) is 0 Å². The van der Waals surface area contributed by atoms with Gasteiger partial charge in [-0.05, 0) is 18.6 Å². The lowest BCUT2D eigenvalue weighted by Gasteiger charge is -2.07. The van der Waals surface area contributed by atoms with E-state index in [1.165, 1.54) is 11.8 Å². The van der Waals surface area contributed by atoms with Gasteiger partial charge in [-0.1, -0.05) is 41.9 Å². The van der Waals surface area contributed by atoms with E-state index in [1.54, 1.807) is 13.0 Å². The van der Waals surface area contributed by atoms with Crippen molar-refractivity contribution in [3.05, 3.63) is 52.8 Å². The second kappa shape index (κ2) is 7.26. The van der Waals surface area contributed by atoms with Gasteiger partial charge < -0.3 is 4.74 Å². The van der Waals surface area contributed by atoms with Crippen LogP contribution < -0.4 is 0 Å². The summed E-state index contributed by atoms with van der Waals surface area (Å²) in [5.41, 5.74) is 1.36. The highest BCUT2D eigenvalue weighted by molar-refractivity contribution is 7.98. The number of esters is 1. The molecule has 0 amide bonds. The van der Waals surface area contributed by atoms with Crippen LogP contribution in [0.3, 0.4) is 0 Å². The largest absolute Gasteiger partial charge is 0.461 e. The highest BCUT2D eigenvalue weighted by Crippen LogP contribution is 2.27. The average molecular weight is 309 g/mol. The molecule has 0 aliphatic carbocycles. The lowest BCUT2D eigenvalue weighted by atomic mass is 10.2. The van der Waals surface area contributed by atoms with E-state index < -0.39 is 5.97 Å². The van der Waals surface area contributed by atoms with E-state index in [1.807, 2.05) is 30.3 Å². The van der Waals surface area contributed by atoms with Crippen LogP contribution >= 0.6 is 23.4 Å². The number of halogens is 1. The highest BCUT2D eigenvalue weighted by atomic mass is 35.5. The van der Waals surface area contributed by atoms with Crippen LogP contribution in [-0.2, 0) is 10.5 Å². The van der Waals surface area contributed by atoms with Gasteiger partial charge in [0.15, 0.2) is 10.8 Å². The van der Waals surface area contributed by atoms with Crippen molar-refractivity contribution in [3.8, 4) is 0 Å². The van der Waals surface area contributed by atoms with Gasteiger partial charge in [0.1, 0.15) is 0 Å². The van der Waals surface area contributed by atoms with Crippen molar-refractivity contribution in [2.24, 2.45) is 0 Å². The Kier molecular flexibility index (Phi) is 5.38. The Hall–Kier alpha value is -1.59. The second-order valence-electron chi connectivity index (χ2n) is 3.87. The highest BCUT2D eigenvalue weighted by Gasteiger charge is 2.16. The van der Waals surface area contributed by atoms with Gasteiger partial charge in [-0.25, -0.2) is 4.79 Å². The molecule has 0 fully saturated rings. The average Bonchev–Trinajstić information content (AvgIpc) is 2.46. The number of rotatable bonds is 5. The monoisotopic (exact) mass is 308 g/mol. The number of aromatic nitrogens is 2. The molecule has 104 valence electrons. The van der Waals surface area contributed by atoms with Crippen LogP contribution in [0.4, 0.5) is 0 Å². The molecular formula is C14H13ClN2O2S. The number of ether oxygens (including phenoxy) is 1. The van der Waals surface area contributed by atoms with Crippen LogP contribution in [-0.4, -0.2) is 22.8 Å². The molecule has 0 radical (unpaired) electrons. The minimum atomic E-state index is -0.479. The number of thioether (sulfide) groups is 1. The minimum Gasteiger partial charge on any atom is -0.461 e. The predicted molar refractivity (Wildman–Crippen MR) is 79.0 cm³/mol. The quantitative estimate of drug-likeness (QED) is 0.624. The Morgan fingerprint density at radius 2 is 2.05 bits per heavy atom. The maximum atomic E-state index is 11.8. The topological polar surface area (TPSA) is 52.1 Å². The lowest BCUT2D eigenvalue weighted by Crippen LogP contribution is -2.10. The molecule has 0 aliphatic rings. The molecule has 1 heterocycles. The van der Waals surface area contributed by atoms with Crippen LogP contribution in [0.2, 0.25) is 5.15 Å². The number of carbonyl (C=O) groups excluding carboxylic acids is 1. The Labute approximate surface area is 126 Å². The zero-order valence-electron chi connectivity index (χ0n) is 10.9. The molecule has 2 aromatic rings. The molecule has 20 heavy (non-hydrogen) atoms. The smallest absolute Gasteiger partial charge is 0.360 e. The summed E-state index contributed by atoms with van der Waals surface area (Å²) in [7, 11) is 0.